The van der Waals surface area contributed by atoms with Gasteiger partial charge >= 0.3 is 0 Å². The number of hydrogen-bond acceptors (Lipinski definition) is 3. The first-order valence-corrected chi connectivity index (χ1v) is 8.06. The highest BCUT2D eigenvalue weighted by molar-refractivity contribution is 5.79. The Morgan fingerprint density at radius 2 is 2.14 bits per heavy atom. The predicted molar refractivity (Wildman–Crippen MR) is 89.5 cm³/mol. The average Bonchev–Trinajstić information content (AvgIpc) is 2.97. The molecule has 0 spiro atoms. The molecule has 1 aromatic carbocycles. The van der Waals surface area contributed by atoms with Crippen LogP contribution in [-0.4, -0.2) is 44.4 Å². The van der Waals surface area contributed by atoms with Crippen molar-refractivity contribution in [2.24, 2.45) is 4.99 Å². The highest BCUT2D eigenvalue weighted by atomic mass is 16.5. The van der Waals surface area contributed by atoms with E-state index in [1.807, 2.05) is 30.3 Å². The van der Waals surface area contributed by atoms with E-state index < -0.39 is 0 Å². The van der Waals surface area contributed by atoms with Crippen LogP contribution >= 0.6 is 0 Å². The molecule has 1 aliphatic rings. The van der Waals surface area contributed by atoms with Crippen LogP contribution in [-0.2, 0) is 4.74 Å². The number of nitrogens with one attached hydrogen (secondary N) is 2. The highest BCUT2D eigenvalue weighted by Crippen LogP contribution is 2.24. The molecule has 0 aliphatic carbocycles. The monoisotopic (exact) mass is 305 g/mol. The zero-order valence-electron chi connectivity index (χ0n) is 13.6. The smallest absolute Gasteiger partial charge is 0.191 e. The second-order valence-corrected chi connectivity index (χ2v) is 5.69. The summed E-state index contributed by atoms with van der Waals surface area (Å²) in [6, 6.07) is 9.83. The lowest BCUT2D eigenvalue weighted by Crippen LogP contribution is -2.40. The fraction of sp³-hybridized carbons (Fsp3) is 0.588. The third-order valence-corrected chi connectivity index (χ3v) is 3.62. The van der Waals surface area contributed by atoms with Gasteiger partial charge in [0.25, 0.3) is 0 Å². The summed E-state index contributed by atoms with van der Waals surface area (Å²) in [4.78, 5) is 4.63. The molecule has 1 fully saturated rings. The van der Waals surface area contributed by atoms with Crippen molar-refractivity contribution in [2.75, 3.05) is 32.8 Å². The standard InChI is InChI=1S/C17H27N3O2/c1-3-18-16(20-14-17(2)10-7-12-22-17)19-11-13-21-15-8-5-4-6-9-15/h4-6,8-9H,3,7,10-14H2,1-2H3,(H2,18,19,20). The van der Waals surface area contributed by atoms with Gasteiger partial charge < -0.3 is 20.1 Å². The third-order valence-electron chi connectivity index (χ3n) is 3.62. The maximum absolute atomic E-state index is 5.77. The van der Waals surface area contributed by atoms with Gasteiger partial charge in [-0.1, -0.05) is 18.2 Å². The van der Waals surface area contributed by atoms with E-state index in [2.05, 4.69) is 29.5 Å². The maximum atomic E-state index is 5.77. The van der Waals surface area contributed by atoms with Crippen molar-refractivity contribution in [1.29, 1.82) is 0 Å². The van der Waals surface area contributed by atoms with Gasteiger partial charge in [0.2, 0.25) is 0 Å². The maximum Gasteiger partial charge on any atom is 0.191 e. The van der Waals surface area contributed by atoms with Crippen molar-refractivity contribution in [3.05, 3.63) is 30.3 Å². The van der Waals surface area contributed by atoms with Gasteiger partial charge in [0.15, 0.2) is 5.96 Å². The molecule has 2 N–H and O–H groups in total. The fourth-order valence-electron chi connectivity index (χ4n) is 2.40. The van der Waals surface area contributed by atoms with E-state index in [-0.39, 0.29) is 5.60 Å². The summed E-state index contributed by atoms with van der Waals surface area (Å²) in [6.07, 6.45) is 2.20. The molecule has 2 rings (SSSR count). The number of para-hydroxylation sites is 1. The van der Waals surface area contributed by atoms with Crippen LogP contribution in [0.25, 0.3) is 0 Å². The Morgan fingerprint density at radius 1 is 1.32 bits per heavy atom. The van der Waals surface area contributed by atoms with Crippen LogP contribution in [0.3, 0.4) is 0 Å². The molecule has 1 saturated heterocycles. The third kappa shape index (κ3) is 5.56. The van der Waals surface area contributed by atoms with E-state index in [9.17, 15) is 0 Å². The molecule has 1 unspecified atom stereocenters. The summed E-state index contributed by atoms with van der Waals surface area (Å²) in [5.41, 5.74) is -0.108. The van der Waals surface area contributed by atoms with Gasteiger partial charge in [0.1, 0.15) is 12.4 Å². The SMILES string of the molecule is CCNC(=NCC1(C)CCCO1)NCCOc1ccccc1. The molecule has 0 amide bonds. The largest absolute Gasteiger partial charge is 0.492 e. The number of nitrogens with zero attached hydrogens (tertiary/aromatic N) is 1. The second kappa shape index (κ2) is 8.63. The first-order valence-electron chi connectivity index (χ1n) is 8.06. The summed E-state index contributed by atoms with van der Waals surface area (Å²) in [6.45, 7) is 7.86. The predicted octanol–water partition coefficient (Wildman–Crippen LogP) is 2.19. The molecule has 122 valence electrons. The number of ether oxygens (including phenoxy) is 2. The molecule has 0 saturated carbocycles. The molecule has 0 radical (unpaired) electrons. The fourth-order valence-corrected chi connectivity index (χ4v) is 2.40. The second-order valence-electron chi connectivity index (χ2n) is 5.69. The van der Waals surface area contributed by atoms with Crippen LogP contribution in [0.1, 0.15) is 26.7 Å². The van der Waals surface area contributed by atoms with Crippen LogP contribution < -0.4 is 15.4 Å². The molecule has 1 aromatic rings. The van der Waals surface area contributed by atoms with Gasteiger partial charge in [-0.3, -0.25) is 4.99 Å². The van der Waals surface area contributed by atoms with Crippen molar-refractivity contribution in [3.63, 3.8) is 0 Å². The molecule has 1 heterocycles. The minimum atomic E-state index is -0.108. The Morgan fingerprint density at radius 3 is 2.82 bits per heavy atom. The molecular formula is C17H27N3O2. The van der Waals surface area contributed by atoms with Gasteiger partial charge in [-0.25, -0.2) is 0 Å². The van der Waals surface area contributed by atoms with E-state index in [0.29, 0.717) is 19.7 Å². The molecule has 0 aromatic heterocycles. The highest BCUT2D eigenvalue weighted by Gasteiger charge is 2.29. The van der Waals surface area contributed by atoms with E-state index in [1.165, 1.54) is 0 Å². The van der Waals surface area contributed by atoms with E-state index in [1.54, 1.807) is 0 Å². The van der Waals surface area contributed by atoms with Gasteiger partial charge in [-0.2, -0.15) is 0 Å². The van der Waals surface area contributed by atoms with Crippen LogP contribution in [0.15, 0.2) is 35.3 Å². The van der Waals surface area contributed by atoms with Crippen LogP contribution in [0.5, 0.6) is 5.75 Å². The Balaban J connectivity index is 1.73. The number of rotatable bonds is 7. The Bertz CT molecular complexity index is 456. The first kappa shape index (κ1) is 16.6. The van der Waals surface area contributed by atoms with Crippen LogP contribution in [0.2, 0.25) is 0 Å². The first-order chi connectivity index (χ1) is 10.7. The number of aliphatic imine (C=N–C) groups is 1. The van der Waals surface area contributed by atoms with Crippen molar-refractivity contribution in [3.8, 4) is 5.75 Å². The average molecular weight is 305 g/mol. The number of hydrogen-bond donors (Lipinski definition) is 2. The summed E-state index contributed by atoms with van der Waals surface area (Å²) >= 11 is 0. The van der Waals surface area contributed by atoms with E-state index >= 15 is 0 Å². The zero-order valence-corrected chi connectivity index (χ0v) is 13.6. The lowest BCUT2D eigenvalue weighted by atomic mass is 10.0. The van der Waals surface area contributed by atoms with Gasteiger partial charge in [-0.05, 0) is 38.8 Å². The molecule has 5 nitrogen and oxygen atoms in total. The van der Waals surface area contributed by atoms with Crippen molar-refractivity contribution >= 4 is 5.96 Å². The van der Waals surface area contributed by atoms with Crippen molar-refractivity contribution < 1.29 is 9.47 Å². The normalized spacial score (nSPS) is 21.6. The molecule has 1 aliphatic heterocycles. The minimum Gasteiger partial charge on any atom is -0.492 e. The molecule has 5 heteroatoms. The summed E-state index contributed by atoms with van der Waals surface area (Å²) in [5.74, 6) is 1.70. The van der Waals surface area contributed by atoms with Crippen molar-refractivity contribution in [2.45, 2.75) is 32.3 Å². The number of guanidine groups is 1. The summed E-state index contributed by atoms with van der Waals surface area (Å²) in [5, 5.41) is 6.54. The lowest BCUT2D eigenvalue weighted by molar-refractivity contribution is 0.0283. The van der Waals surface area contributed by atoms with Gasteiger partial charge in [0, 0.05) is 13.2 Å². The van der Waals surface area contributed by atoms with E-state index in [0.717, 1.165) is 37.7 Å². The van der Waals surface area contributed by atoms with Crippen molar-refractivity contribution in [1.82, 2.24) is 10.6 Å². The molecule has 1 atom stereocenters. The zero-order chi connectivity index (χ0) is 15.7. The Kier molecular flexibility index (Phi) is 6.52. The minimum absolute atomic E-state index is 0.108. The Labute approximate surface area is 133 Å². The lowest BCUT2D eigenvalue weighted by Gasteiger charge is -2.21. The van der Waals surface area contributed by atoms with Gasteiger partial charge in [0.05, 0.1) is 18.7 Å². The summed E-state index contributed by atoms with van der Waals surface area (Å²) < 4.78 is 11.4. The quantitative estimate of drug-likeness (QED) is 0.461. The van der Waals surface area contributed by atoms with Crippen LogP contribution in [0.4, 0.5) is 0 Å². The molecular weight excluding hydrogens is 278 g/mol. The van der Waals surface area contributed by atoms with Crippen LogP contribution in [0, 0.1) is 0 Å². The topological polar surface area (TPSA) is 54.9 Å². The molecule has 22 heavy (non-hydrogen) atoms. The van der Waals surface area contributed by atoms with E-state index in [4.69, 9.17) is 9.47 Å². The summed E-state index contributed by atoms with van der Waals surface area (Å²) in [7, 11) is 0. The Hall–Kier alpha value is -1.75. The van der Waals surface area contributed by atoms with Gasteiger partial charge in [-0.15, -0.1) is 0 Å². The molecule has 0 bridgehead atoms. The number of benzene rings is 1.